The van der Waals surface area contributed by atoms with Crippen molar-refractivity contribution >= 4 is 34.1 Å². The van der Waals surface area contributed by atoms with E-state index < -0.39 is 0 Å². The maximum atomic E-state index is 11.5. The summed E-state index contributed by atoms with van der Waals surface area (Å²) in [6.07, 6.45) is 2.94. The number of aromatic nitrogens is 1. The molecule has 152 valence electrons. The molecule has 0 unspecified atom stereocenters. The SMILES string of the molecule is CC(=O)N1CCC(Nc2cc(Cl)cc3cc(CCN4CCNCC4)[nH]c23)CC1. The van der Waals surface area contributed by atoms with Gasteiger partial charge in [-0.3, -0.25) is 4.79 Å². The molecule has 1 amide bonds. The number of hydrogen-bond acceptors (Lipinski definition) is 4. The zero-order valence-corrected chi connectivity index (χ0v) is 17.3. The molecule has 0 saturated carbocycles. The van der Waals surface area contributed by atoms with Gasteiger partial charge >= 0.3 is 0 Å². The van der Waals surface area contributed by atoms with Gasteiger partial charge in [0.25, 0.3) is 0 Å². The first kappa shape index (κ1) is 19.6. The molecule has 1 aromatic heterocycles. The highest BCUT2D eigenvalue weighted by Crippen LogP contribution is 2.30. The zero-order chi connectivity index (χ0) is 19.5. The number of rotatable bonds is 5. The molecule has 0 atom stereocenters. The van der Waals surface area contributed by atoms with Crippen LogP contribution in [0.2, 0.25) is 5.02 Å². The van der Waals surface area contributed by atoms with Crippen molar-refractivity contribution in [2.45, 2.75) is 32.2 Å². The molecule has 0 radical (unpaired) electrons. The second-order valence-electron chi connectivity index (χ2n) is 7.98. The molecule has 0 bridgehead atoms. The topological polar surface area (TPSA) is 63.4 Å². The number of likely N-dealkylation sites (tertiary alicyclic amines) is 1. The van der Waals surface area contributed by atoms with Crippen LogP contribution in [-0.4, -0.2) is 72.5 Å². The molecule has 4 rings (SSSR count). The Morgan fingerprint density at radius 1 is 1.18 bits per heavy atom. The summed E-state index contributed by atoms with van der Waals surface area (Å²) in [6.45, 7) is 8.77. The fourth-order valence-corrected chi connectivity index (χ4v) is 4.51. The van der Waals surface area contributed by atoms with Gasteiger partial charge in [0.1, 0.15) is 0 Å². The molecule has 28 heavy (non-hydrogen) atoms. The van der Waals surface area contributed by atoms with Crippen LogP contribution in [0.1, 0.15) is 25.5 Å². The van der Waals surface area contributed by atoms with Crippen molar-refractivity contribution in [2.75, 3.05) is 51.1 Å². The standard InChI is InChI=1S/C21H30ClN5O/c1-15(28)27-8-3-18(4-9-27)24-20-14-17(22)12-16-13-19(25-21(16)20)2-7-26-10-5-23-6-11-26/h12-14,18,23-25H,2-11H2,1H3. The Morgan fingerprint density at radius 2 is 1.93 bits per heavy atom. The Morgan fingerprint density at radius 3 is 2.64 bits per heavy atom. The maximum Gasteiger partial charge on any atom is 0.219 e. The van der Waals surface area contributed by atoms with Crippen LogP contribution >= 0.6 is 11.6 Å². The number of anilines is 1. The number of fused-ring (bicyclic) bond motifs is 1. The molecule has 3 heterocycles. The van der Waals surface area contributed by atoms with Crippen molar-refractivity contribution in [3.63, 3.8) is 0 Å². The van der Waals surface area contributed by atoms with E-state index in [1.165, 1.54) is 5.69 Å². The summed E-state index contributed by atoms with van der Waals surface area (Å²) in [6, 6.07) is 6.64. The van der Waals surface area contributed by atoms with Gasteiger partial charge in [0.2, 0.25) is 5.91 Å². The van der Waals surface area contributed by atoms with Crippen molar-refractivity contribution in [1.82, 2.24) is 20.1 Å². The largest absolute Gasteiger partial charge is 0.380 e. The van der Waals surface area contributed by atoms with Gasteiger partial charge in [0.05, 0.1) is 11.2 Å². The number of H-pyrrole nitrogens is 1. The number of carbonyl (C=O) groups is 1. The maximum absolute atomic E-state index is 11.5. The van der Waals surface area contributed by atoms with E-state index in [0.29, 0.717) is 6.04 Å². The smallest absolute Gasteiger partial charge is 0.219 e. The van der Waals surface area contributed by atoms with E-state index in [1.807, 2.05) is 17.0 Å². The Kier molecular flexibility index (Phi) is 6.09. The number of benzene rings is 1. The molecule has 2 aliphatic heterocycles. The summed E-state index contributed by atoms with van der Waals surface area (Å²) >= 11 is 6.39. The molecular weight excluding hydrogens is 374 g/mol. The lowest BCUT2D eigenvalue weighted by molar-refractivity contribution is -0.129. The fraction of sp³-hybridized carbons (Fsp3) is 0.571. The molecule has 6 nitrogen and oxygen atoms in total. The van der Waals surface area contributed by atoms with Crippen LogP contribution in [-0.2, 0) is 11.2 Å². The first-order chi connectivity index (χ1) is 13.6. The van der Waals surface area contributed by atoms with Crippen molar-refractivity contribution in [3.05, 3.63) is 28.9 Å². The average molecular weight is 404 g/mol. The molecule has 1 aromatic carbocycles. The Labute approximate surface area is 171 Å². The minimum absolute atomic E-state index is 0.169. The van der Waals surface area contributed by atoms with Crippen LogP contribution in [0.5, 0.6) is 0 Å². The molecule has 3 N–H and O–H groups in total. The lowest BCUT2D eigenvalue weighted by atomic mass is 10.0. The summed E-state index contributed by atoms with van der Waals surface area (Å²) in [5.41, 5.74) is 3.45. The minimum Gasteiger partial charge on any atom is -0.380 e. The zero-order valence-electron chi connectivity index (χ0n) is 16.6. The van der Waals surface area contributed by atoms with Crippen molar-refractivity contribution < 1.29 is 4.79 Å². The summed E-state index contributed by atoms with van der Waals surface area (Å²) in [5.74, 6) is 0.169. The Bertz CT molecular complexity index is 822. The lowest BCUT2D eigenvalue weighted by Crippen LogP contribution is -2.44. The number of aromatic amines is 1. The third kappa shape index (κ3) is 4.62. The van der Waals surface area contributed by atoms with Crippen molar-refractivity contribution in [2.24, 2.45) is 0 Å². The van der Waals surface area contributed by atoms with Crippen LogP contribution < -0.4 is 10.6 Å². The number of nitrogens with one attached hydrogen (secondary N) is 3. The van der Waals surface area contributed by atoms with Gasteiger partial charge in [0.15, 0.2) is 0 Å². The van der Waals surface area contributed by atoms with E-state index in [2.05, 4.69) is 26.6 Å². The molecule has 0 aliphatic carbocycles. The highest BCUT2D eigenvalue weighted by atomic mass is 35.5. The van der Waals surface area contributed by atoms with Gasteiger partial charge in [-0.05, 0) is 31.0 Å². The third-order valence-corrected chi connectivity index (χ3v) is 6.17. The van der Waals surface area contributed by atoms with Gasteiger partial charge in [-0.2, -0.15) is 0 Å². The molecule has 2 aromatic rings. The number of amides is 1. The van der Waals surface area contributed by atoms with Crippen molar-refractivity contribution in [1.29, 1.82) is 0 Å². The van der Waals surface area contributed by atoms with Gasteiger partial charge in [0, 0.05) is 81.3 Å². The number of carbonyl (C=O) groups excluding carboxylic acids is 1. The lowest BCUT2D eigenvalue weighted by Gasteiger charge is -2.32. The third-order valence-electron chi connectivity index (χ3n) is 5.96. The molecular formula is C21H30ClN5O. The van der Waals surface area contributed by atoms with Crippen LogP contribution in [0.3, 0.4) is 0 Å². The second kappa shape index (κ2) is 8.72. The van der Waals surface area contributed by atoms with E-state index in [4.69, 9.17) is 11.6 Å². The predicted molar refractivity (Wildman–Crippen MR) is 115 cm³/mol. The number of hydrogen-bond donors (Lipinski definition) is 3. The normalized spacial score (nSPS) is 19.3. The quantitative estimate of drug-likeness (QED) is 0.718. The van der Waals surface area contributed by atoms with Crippen molar-refractivity contribution in [3.8, 4) is 0 Å². The van der Waals surface area contributed by atoms with Crippen LogP contribution in [0.25, 0.3) is 10.9 Å². The van der Waals surface area contributed by atoms with Gasteiger partial charge in [-0.1, -0.05) is 11.6 Å². The molecule has 2 aliphatic rings. The first-order valence-corrected chi connectivity index (χ1v) is 10.7. The summed E-state index contributed by atoms with van der Waals surface area (Å²) < 4.78 is 0. The molecule has 2 saturated heterocycles. The van der Waals surface area contributed by atoms with Crippen LogP contribution in [0.4, 0.5) is 5.69 Å². The van der Waals surface area contributed by atoms with Gasteiger partial charge in [-0.15, -0.1) is 0 Å². The van der Waals surface area contributed by atoms with Crippen LogP contribution in [0, 0.1) is 0 Å². The van der Waals surface area contributed by atoms with E-state index in [0.717, 1.165) is 86.7 Å². The van der Waals surface area contributed by atoms with E-state index in [-0.39, 0.29) is 5.91 Å². The molecule has 7 heteroatoms. The minimum atomic E-state index is 0.169. The van der Waals surface area contributed by atoms with E-state index in [1.54, 1.807) is 6.92 Å². The molecule has 2 fully saturated rings. The fourth-order valence-electron chi connectivity index (χ4n) is 4.29. The van der Waals surface area contributed by atoms with E-state index >= 15 is 0 Å². The number of piperidine rings is 1. The summed E-state index contributed by atoms with van der Waals surface area (Å²) in [5, 5.41) is 8.98. The van der Waals surface area contributed by atoms with Crippen LogP contribution in [0.15, 0.2) is 18.2 Å². The first-order valence-electron chi connectivity index (χ1n) is 10.3. The Balaban J connectivity index is 1.44. The highest BCUT2D eigenvalue weighted by molar-refractivity contribution is 6.31. The number of nitrogens with zero attached hydrogens (tertiary/aromatic N) is 2. The summed E-state index contributed by atoms with van der Waals surface area (Å²) in [4.78, 5) is 19.6. The highest BCUT2D eigenvalue weighted by Gasteiger charge is 2.21. The van der Waals surface area contributed by atoms with E-state index in [9.17, 15) is 4.79 Å². The Hall–Kier alpha value is -1.76. The second-order valence-corrected chi connectivity index (χ2v) is 8.41. The van der Waals surface area contributed by atoms with Gasteiger partial charge < -0.3 is 25.4 Å². The summed E-state index contributed by atoms with van der Waals surface area (Å²) in [7, 11) is 0. The monoisotopic (exact) mass is 403 g/mol. The van der Waals surface area contributed by atoms with Gasteiger partial charge in [-0.25, -0.2) is 0 Å². The molecule has 0 spiro atoms. The number of piperazine rings is 1. The average Bonchev–Trinajstić information content (AvgIpc) is 3.10. The predicted octanol–water partition coefficient (Wildman–Crippen LogP) is 2.69. The number of halogens is 1.